The minimum absolute atomic E-state index is 0.0237. The SMILES string of the molecule is CCCC(=O)c1c(Cl)c2cc(COC(=O)c3ccccc3)ccc2[nH]c1=O. The maximum atomic E-state index is 12.2. The van der Waals surface area contributed by atoms with Crippen LogP contribution in [0.2, 0.25) is 5.02 Å². The average molecular weight is 384 g/mol. The van der Waals surface area contributed by atoms with Gasteiger partial charge in [0.15, 0.2) is 5.78 Å². The highest BCUT2D eigenvalue weighted by molar-refractivity contribution is 6.38. The summed E-state index contributed by atoms with van der Waals surface area (Å²) in [6, 6.07) is 13.8. The molecule has 0 aliphatic rings. The molecule has 0 amide bonds. The van der Waals surface area contributed by atoms with Crippen LogP contribution in [0.4, 0.5) is 0 Å². The third-order valence-electron chi connectivity index (χ3n) is 4.15. The van der Waals surface area contributed by atoms with Crippen molar-refractivity contribution >= 4 is 34.3 Å². The van der Waals surface area contributed by atoms with Gasteiger partial charge in [0.05, 0.1) is 10.6 Å². The fourth-order valence-corrected chi connectivity index (χ4v) is 3.15. The van der Waals surface area contributed by atoms with E-state index in [0.29, 0.717) is 28.5 Å². The third-order valence-corrected chi connectivity index (χ3v) is 4.54. The fourth-order valence-electron chi connectivity index (χ4n) is 2.80. The van der Waals surface area contributed by atoms with E-state index in [1.54, 1.807) is 42.5 Å². The highest BCUT2D eigenvalue weighted by Gasteiger charge is 2.18. The smallest absolute Gasteiger partial charge is 0.338 e. The first-order valence-electron chi connectivity index (χ1n) is 8.61. The lowest BCUT2D eigenvalue weighted by Crippen LogP contribution is -2.18. The molecule has 3 aromatic rings. The van der Waals surface area contributed by atoms with Crippen LogP contribution < -0.4 is 5.56 Å². The van der Waals surface area contributed by atoms with Gasteiger partial charge in [0.25, 0.3) is 5.56 Å². The normalized spacial score (nSPS) is 10.7. The summed E-state index contributed by atoms with van der Waals surface area (Å²) in [6.07, 6.45) is 0.880. The number of Topliss-reactive ketones (excluding diaryl/α,β-unsaturated/α-hetero) is 1. The molecule has 0 fully saturated rings. The van der Waals surface area contributed by atoms with E-state index in [2.05, 4.69) is 4.98 Å². The number of esters is 1. The maximum absolute atomic E-state index is 12.2. The second-order valence-corrected chi connectivity index (χ2v) is 6.52. The Morgan fingerprint density at radius 3 is 2.56 bits per heavy atom. The minimum atomic E-state index is -0.491. The average Bonchev–Trinajstić information content (AvgIpc) is 2.67. The van der Waals surface area contributed by atoms with Crippen LogP contribution in [0, 0.1) is 0 Å². The van der Waals surface area contributed by atoms with Crippen LogP contribution in [0.1, 0.15) is 46.0 Å². The molecule has 0 saturated heterocycles. The molecule has 27 heavy (non-hydrogen) atoms. The van der Waals surface area contributed by atoms with Crippen molar-refractivity contribution in [1.29, 1.82) is 0 Å². The van der Waals surface area contributed by atoms with Crippen molar-refractivity contribution in [3.05, 3.63) is 80.6 Å². The largest absolute Gasteiger partial charge is 0.457 e. The van der Waals surface area contributed by atoms with Crippen molar-refractivity contribution in [3.8, 4) is 0 Å². The molecule has 1 N–H and O–H groups in total. The summed E-state index contributed by atoms with van der Waals surface area (Å²) in [5.74, 6) is -0.714. The molecule has 3 rings (SSSR count). The summed E-state index contributed by atoms with van der Waals surface area (Å²) in [5.41, 5.74) is 1.18. The molecule has 1 heterocycles. The molecule has 0 spiro atoms. The Hall–Kier alpha value is -2.92. The molecule has 0 unspecified atom stereocenters. The quantitative estimate of drug-likeness (QED) is 0.501. The van der Waals surface area contributed by atoms with Gasteiger partial charge in [-0.25, -0.2) is 4.79 Å². The van der Waals surface area contributed by atoms with E-state index in [-0.39, 0.29) is 29.4 Å². The number of nitrogens with one attached hydrogen (secondary N) is 1. The lowest BCUT2D eigenvalue weighted by atomic mass is 10.0. The van der Waals surface area contributed by atoms with Crippen molar-refractivity contribution in [1.82, 2.24) is 4.98 Å². The van der Waals surface area contributed by atoms with Gasteiger partial charge in [-0.2, -0.15) is 0 Å². The van der Waals surface area contributed by atoms with E-state index in [4.69, 9.17) is 16.3 Å². The number of carbonyl (C=O) groups is 2. The Morgan fingerprint density at radius 2 is 1.85 bits per heavy atom. The molecule has 0 bridgehead atoms. The Balaban J connectivity index is 1.89. The number of pyridine rings is 1. The highest BCUT2D eigenvalue weighted by Crippen LogP contribution is 2.26. The van der Waals surface area contributed by atoms with Crippen molar-refractivity contribution in [2.24, 2.45) is 0 Å². The van der Waals surface area contributed by atoms with Gasteiger partial charge in [-0.15, -0.1) is 0 Å². The van der Waals surface area contributed by atoms with E-state index in [9.17, 15) is 14.4 Å². The molecule has 5 nitrogen and oxygen atoms in total. The predicted molar refractivity (Wildman–Crippen MR) is 104 cm³/mol. The van der Waals surface area contributed by atoms with Gasteiger partial charge in [-0.1, -0.05) is 42.8 Å². The van der Waals surface area contributed by atoms with Crippen LogP contribution >= 0.6 is 11.6 Å². The Kier molecular flexibility index (Phi) is 5.72. The molecular formula is C21H18ClNO4. The van der Waals surface area contributed by atoms with Gasteiger partial charge in [0.1, 0.15) is 12.2 Å². The van der Waals surface area contributed by atoms with Gasteiger partial charge in [-0.3, -0.25) is 9.59 Å². The van der Waals surface area contributed by atoms with E-state index < -0.39 is 11.5 Å². The van der Waals surface area contributed by atoms with E-state index in [1.807, 2.05) is 13.0 Å². The molecule has 1 aromatic heterocycles. The Morgan fingerprint density at radius 1 is 1.11 bits per heavy atom. The van der Waals surface area contributed by atoms with Crippen LogP contribution in [-0.2, 0) is 11.3 Å². The summed E-state index contributed by atoms with van der Waals surface area (Å²) in [7, 11) is 0. The molecule has 0 saturated carbocycles. The lowest BCUT2D eigenvalue weighted by Gasteiger charge is -2.09. The number of rotatable bonds is 6. The maximum Gasteiger partial charge on any atom is 0.338 e. The number of ketones is 1. The summed E-state index contributed by atoms with van der Waals surface area (Å²) in [5, 5.41) is 0.674. The second kappa shape index (κ2) is 8.18. The molecule has 6 heteroatoms. The number of halogens is 1. The molecule has 0 aliphatic heterocycles. The standard InChI is InChI=1S/C21H18ClNO4/c1-2-6-17(24)18-19(22)15-11-13(9-10-16(15)23-20(18)25)12-27-21(26)14-7-4-3-5-8-14/h3-5,7-11H,2,6,12H2,1H3,(H,23,25). The number of carbonyl (C=O) groups excluding carboxylic acids is 2. The number of aromatic amines is 1. The fraction of sp³-hybridized carbons (Fsp3) is 0.190. The third kappa shape index (κ3) is 4.09. The molecule has 138 valence electrons. The van der Waals surface area contributed by atoms with Gasteiger partial charge in [-0.05, 0) is 36.2 Å². The van der Waals surface area contributed by atoms with Crippen LogP contribution in [0.25, 0.3) is 10.9 Å². The van der Waals surface area contributed by atoms with Gasteiger partial charge < -0.3 is 9.72 Å². The number of hydrogen-bond donors (Lipinski definition) is 1. The number of hydrogen-bond acceptors (Lipinski definition) is 4. The topological polar surface area (TPSA) is 76.2 Å². The molecule has 2 aromatic carbocycles. The van der Waals surface area contributed by atoms with Crippen LogP contribution in [-0.4, -0.2) is 16.7 Å². The van der Waals surface area contributed by atoms with Crippen molar-refractivity contribution in [3.63, 3.8) is 0 Å². The highest BCUT2D eigenvalue weighted by atomic mass is 35.5. The first-order chi connectivity index (χ1) is 13.0. The first-order valence-corrected chi connectivity index (χ1v) is 8.99. The summed E-state index contributed by atoms with van der Waals surface area (Å²) in [4.78, 5) is 39.2. The van der Waals surface area contributed by atoms with E-state index >= 15 is 0 Å². The number of aromatic nitrogens is 1. The van der Waals surface area contributed by atoms with Crippen molar-refractivity contribution in [2.45, 2.75) is 26.4 Å². The second-order valence-electron chi connectivity index (χ2n) is 6.14. The number of benzene rings is 2. The monoisotopic (exact) mass is 383 g/mol. The van der Waals surface area contributed by atoms with E-state index in [1.165, 1.54) is 0 Å². The van der Waals surface area contributed by atoms with Crippen molar-refractivity contribution < 1.29 is 14.3 Å². The lowest BCUT2D eigenvalue weighted by molar-refractivity contribution is 0.0472. The summed E-state index contributed by atoms with van der Waals surface area (Å²) >= 11 is 6.36. The van der Waals surface area contributed by atoms with Crippen LogP contribution in [0.15, 0.2) is 53.3 Å². The van der Waals surface area contributed by atoms with Gasteiger partial charge in [0.2, 0.25) is 0 Å². The van der Waals surface area contributed by atoms with E-state index in [0.717, 1.165) is 0 Å². The van der Waals surface area contributed by atoms with Gasteiger partial charge in [0, 0.05) is 17.3 Å². The Labute approximate surface area is 160 Å². The Bertz CT molecular complexity index is 1060. The summed E-state index contributed by atoms with van der Waals surface area (Å²) in [6.45, 7) is 1.91. The molecular weight excluding hydrogens is 366 g/mol. The number of H-pyrrole nitrogens is 1. The predicted octanol–water partition coefficient (Wildman–Crippen LogP) is 4.52. The van der Waals surface area contributed by atoms with Gasteiger partial charge >= 0.3 is 5.97 Å². The van der Waals surface area contributed by atoms with Crippen LogP contribution in [0.5, 0.6) is 0 Å². The molecule has 0 atom stereocenters. The molecule has 0 radical (unpaired) electrons. The minimum Gasteiger partial charge on any atom is -0.457 e. The van der Waals surface area contributed by atoms with Crippen molar-refractivity contribution in [2.75, 3.05) is 0 Å². The zero-order chi connectivity index (χ0) is 19.4. The van der Waals surface area contributed by atoms with Crippen LogP contribution in [0.3, 0.4) is 0 Å². The molecule has 0 aliphatic carbocycles. The number of fused-ring (bicyclic) bond motifs is 1. The zero-order valence-electron chi connectivity index (χ0n) is 14.8. The summed E-state index contributed by atoms with van der Waals surface area (Å²) < 4.78 is 5.32. The first kappa shape index (κ1) is 18.9. The number of ether oxygens (including phenoxy) is 1. The zero-order valence-corrected chi connectivity index (χ0v) is 15.5.